The molecule has 0 bridgehead atoms. The number of thiophene rings is 1. The molecular formula is C13H20N2S. The summed E-state index contributed by atoms with van der Waals surface area (Å²) in [6.45, 7) is 4.98. The fourth-order valence-electron chi connectivity index (χ4n) is 3.09. The molecule has 3 heteroatoms. The highest BCUT2D eigenvalue weighted by molar-refractivity contribution is 7.09. The molecule has 1 aromatic heterocycles. The first-order chi connectivity index (χ1) is 7.92. The van der Waals surface area contributed by atoms with Crippen LogP contribution in [0.3, 0.4) is 0 Å². The molecule has 2 aliphatic heterocycles. The van der Waals surface area contributed by atoms with Crippen molar-refractivity contribution in [3.8, 4) is 0 Å². The number of fused-ring (bicyclic) bond motifs is 1. The van der Waals surface area contributed by atoms with Crippen LogP contribution >= 0.6 is 11.3 Å². The Bertz CT molecular complexity index is 323. The molecule has 2 saturated heterocycles. The van der Waals surface area contributed by atoms with Gasteiger partial charge in [-0.3, -0.25) is 4.90 Å². The maximum Gasteiger partial charge on any atom is 0.0328 e. The Morgan fingerprint density at radius 3 is 3.31 bits per heavy atom. The largest absolute Gasteiger partial charge is 0.314 e. The molecule has 0 aromatic carbocycles. The van der Waals surface area contributed by atoms with E-state index in [0.29, 0.717) is 0 Å². The van der Waals surface area contributed by atoms with Gasteiger partial charge in [-0.15, -0.1) is 11.3 Å². The summed E-state index contributed by atoms with van der Waals surface area (Å²) < 4.78 is 0. The van der Waals surface area contributed by atoms with Crippen molar-refractivity contribution >= 4 is 11.3 Å². The van der Waals surface area contributed by atoms with Gasteiger partial charge in [0.1, 0.15) is 0 Å². The highest BCUT2D eigenvalue weighted by Crippen LogP contribution is 2.26. The van der Waals surface area contributed by atoms with E-state index >= 15 is 0 Å². The lowest BCUT2D eigenvalue weighted by Gasteiger charge is -2.41. The Kier molecular flexibility index (Phi) is 3.27. The molecule has 16 heavy (non-hydrogen) atoms. The molecule has 0 unspecified atom stereocenters. The topological polar surface area (TPSA) is 15.3 Å². The second-order valence-corrected chi connectivity index (χ2v) is 6.10. The van der Waals surface area contributed by atoms with Crippen molar-refractivity contribution < 1.29 is 0 Å². The summed E-state index contributed by atoms with van der Waals surface area (Å²) in [4.78, 5) is 4.15. The number of hydrogen-bond donors (Lipinski definition) is 1. The van der Waals surface area contributed by atoms with E-state index in [1.54, 1.807) is 0 Å². The Hall–Kier alpha value is -0.380. The van der Waals surface area contributed by atoms with Crippen LogP contribution in [0, 0.1) is 5.92 Å². The van der Waals surface area contributed by atoms with Crippen molar-refractivity contribution in [2.45, 2.75) is 31.8 Å². The number of piperidine rings is 2. The van der Waals surface area contributed by atoms with Gasteiger partial charge in [0.05, 0.1) is 0 Å². The molecule has 0 aliphatic carbocycles. The van der Waals surface area contributed by atoms with Crippen LogP contribution in [0.25, 0.3) is 0 Å². The van der Waals surface area contributed by atoms with Crippen molar-refractivity contribution in [2.24, 2.45) is 5.92 Å². The molecule has 2 aliphatic rings. The first-order valence-electron chi connectivity index (χ1n) is 6.40. The number of nitrogens with one attached hydrogen (secondary N) is 1. The average molecular weight is 236 g/mol. The molecule has 0 saturated carbocycles. The van der Waals surface area contributed by atoms with Gasteiger partial charge in [-0.25, -0.2) is 0 Å². The molecule has 0 radical (unpaired) electrons. The number of rotatable bonds is 2. The van der Waals surface area contributed by atoms with Crippen LogP contribution in [0.4, 0.5) is 0 Å². The van der Waals surface area contributed by atoms with Gasteiger partial charge in [-0.1, -0.05) is 6.07 Å². The molecule has 0 amide bonds. The van der Waals surface area contributed by atoms with Gasteiger partial charge < -0.3 is 5.32 Å². The van der Waals surface area contributed by atoms with Gasteiger partial charge in [-0.2, -0.15) is 0 Å². The molecule has 2 fully saturated rings. The Morgan fingerprint density at radius 2 is 2.44 bits per heavy atom. The fourth-order valence-corrected chi connectivity index (χ4v) is 3.83. The molecule has 0 spiro atoms. The zero-order valence-corrected chi connectivity index (χ0v) is 10.5. The average Bonchev–Trinajstić information content (AvgIpc) is 2.82. The van der Waals surface area contributed by atoms with Crippen LogP contribution in [0.1, 0.15) is 24.1 Å². The maximum absolute atomic E-state index is 3.68. The summed E-state index contributed by atoms with van der Waals surface area (Å²) in [5, 5.41) is 5.86. The lowest BCUT2D eigenvalue weighted by atomic mass is 9.85. The predicted molar refractivity (Wildman–Crippen MR) is 68.7 cm³/mol. The summed E-state index contributed by atoms with van der Waals surface area (Å²) >= 11 is 1.89. The van der Waals surface area contributed by atoms with Crippen molar-refractivity contribution in [3.05, 3.63) is 22.4 Å². The lowest BCUT2D eigenvalue weighted by molar-refractivity contribution is 0.110. The highest BCUT2D eigenvalue weighted by atomic mass is 32.1. The van der Waals surface area contributed by atoms with E-state index in [1.807, 2.05) is 11.3 Å². The van der Waals surface area contributed by atoms with Crippen LogP contribution in [0.15, 0.2) is 17.5 Å². The SMILES string of the molecule is c1csc(CN2CC[C@H]3NCCC[C@@H]3C2)c1. The molecule has 88 valence electrons. The van der Waals surface area contributed by atoms with Crippen molar-refractivity contribution in [2.75, 3.05) is 19.6 Å². The van der Waals surface area contributed by atoms with Gasteiger partial charge in [0, 0.05) is 30.6 Å². The van der Waals surface area contributed by atoms with Crippen molar-refractivity contribution in [1.29, 1.82) is 0 Å². The van der Waals surface area contributed by atoms with Crippen molar-refractivity contribution in [1.82, 2.24) is 10.2 Å². The third-order valence-corrected chi connectivity index (χ3v) is 4.80. The lowest BCUT2D eigenvalue weighted by Crippen LogP contribution is -2.51. The van der Waals surface area contributed by atoms with E-state index in [4.69, 9.17) is 0 Å². The Labute approximate surface area is 102 Å². The van der Waals surface area contributed by atoms with Gasteiger partial charge in [0.2, 0.25) is 0 Å². The Morgan fingerprint density at radius 1 is 1.44 bits per heavy atom. The minimum atomic E-state index is 0.813. The maximum atomic E-state index is 3.68. The number of likely N-dealkylation sites (tertiary alicyclic amines) is 1. The monoisotopic (exact) mass is 236 g/mol. The van der Waals surface area contributed by atoms with E-state index in [-0.39, 0.29) is 0 Å². The third-order valence-electron chi connectivity index (χ3n) is 3.94. The second-order valence-electron chi connectivity index (χ2n) is 5.07. The summed E-state index contributed by atoms with van der Waals surface area (Å²) in [6.07, 6.45) is 4.14. The summed E-state index contributed by atoms with van der Waals surface area (Å²) in [7, 11) is 0. The van der Waals surface area contributed by atoms with Crippen LogP contribution in [0.2, 0.25) is 0 Å². The zero-order chi connectivity index (χ0) is 10.8. The van der Waals surface area contributed by atoms with E-state index in [1.165, 1.54) is 50.3 Å². The first kappa shape index (κ1) is 10.8. The molecule has 1 aromatic rings. The molecule has 1 N–H and O–H groups in total. The fraction of sp³-hybridized carbons (Fsp3) is 0.692. The summed E-state index contributed by atoms with van der Waals surface area (Å²) in [5.74, 6) is 0.905. The minimum Gasteiger partial charge on any atom is -0.314 e. The predicted octanol–water partition coefficient (Wildman–Crippen LogP) is 2.32. The van der Waals surface area contributed by atoms with E-state index in [0.717, 1.165) is 12.0 Å². The first-order valence-corrected chi connectivity index (χ1v) is 7.28. The minimum absolute atomic E-state index is 0.813. The van der Waals surface area contributed by atoms with Crippen LogP contribution < -0.4 is 5.32 Å². The van der Waals surface area contributed by atoms with Crippen molar-refractivity contribution in [3.63, 3.8) is 0 Å². The third kappa shape index (κ3) is 2.31. The van der Waals surface area contributed by atoms with E-state index < -0.39 is 0 Å². The molecule has 3 rings (SSSR count). The van der Waals surface area contributed by atoms with Gasteiger partial charge in [0.15, 0.2) is 0 Å². The van der Waals surface area contributed by atoms with Gasteiger partial charge in [0.25, 0.3) is 0 Å². The van der Waals surface area contributed by atoms with Crippen LogP contribution in [0.5, 0.6) is 0 Å². The summed E-state index contributed by atoms with van der Waals surface area (Å²) in [5.41, 5.74) is 0. The molecule has 3 heterocycles. The molecule has 2 atom stereocenters. The number of nitrogens with zero attached hydrogens (tertiary/aromatic N) is 1. The van der Waals surface area contributed by atoms with E-state index in [9.17, 15) is 0 Å². The van der Waals surface area contributed by atoms with Gasteiger partial charge in [-0.05, 0) is 43.2 Å². The van der Waals surface area contributed by atoms with E-state index in [2.05, 4.69) is 27.7 Å². The Balaban J connectivity index is 1.58. The molecule has 2 nitrogen and oxygen atoms in total. The quantitative estimate of drug-likeness (QED) is 0.848. The normalized spacial score (nSPS) is 31.2. The molecular weight excluding hydrogens is 216 g/mol. The van der Waals surface area contributed by atoms with Crippen LogP contribution in [-0.2, 0) is 6.54 Å². The van der Waals surface area contributed by atoms with Crippen LogP contribution in [-0.4, -0.2) is 30.6 Å². The smallest absolute Gasteiger partial charge is 0.0328 e. The second kappa shape index (κ2) is 4.86. The zero-order valence-electron chi connectivity index (χ0n) is 9.69. The standard InChI is InChI=1S/C13H20N2S/c1-3-11-9-15(7-5-13(11)14-6-1)10-12-4-2-8-16-12/h2,4,8,11,13-14H,1,3,5-7,9-10H2/t11-,13-/m1/s1. The number of hydrogen-bond acceptors (Lipinski definition) is 3. The highest BCUT2D eigenvalue weighted by Gasteiger charge is 2.30. The van der Waals surface area contributed by atoms with Gasteiger partial charge >= 0.3 is 0 Å². The summed E-state index contributed by atoms with van der Waals surface area (Å²) in [6, 6.07) is 5.23.